The fourth-order valence-electron chi connectivity index (χ4n) is 3.67. The van der Waals surface area contributed by atoms with Crippen molar-refractivity contribution in [2.45, 2.75) is 45.6 Å². The summed E-state index contributed by atoms with van der Waals surface area (Å²) in [5.74, 6) is 1.12. The van der Waals surface area contributed by atoms with E-state index in [1.165, 1.54) is 11.1 Å². The number of carbonyl (C=O) groups is 1. The molecule has 5 nitrogen and oxygen atoms in total. The Hall–Kier alpha value is -2.95. The molecular formula is C23H25N3O2. The third-order valence-corrected chi connectivity index (χ3v) is 5.41. The number of piperidine rings is 1. The molecule has 0 saturated carbocycles. The highest BCUT2D eigenvalue weighted by molar-refractivity contribution is 5.94. The van der Waals surface area contributed by atoms with Crippen LogP contribution in [0.3, 0.4) is 0 Å². The molecule has 1 saturated heterocycles. The van der Waals surface area contributed by atoms with Crippen molar-refractivity contribution in [1.29, 1.82) is 0 Å². The predicted octanol–water partition coefficient (Wildman–Crippen LogP) is 4.97. The highest BCUT2D eigenvalue weighted by atomic mass is 16.5. The van der Waals surface area contributed by atoms with E-state index in [9.17, 15) is 4.79 Å². The van der Waals surface area contributed by atoms with E-state index in [-0.39, 0.29) is 11.9 Å². The molecule has 144 valence electrons. The van der Waals surface area contributed by atoms with Crippen molar-refractivity contribution in [1.82, 2.24) is 15.0 Å². The lowest BCUT2D eigenvalue weighted by Crippen LogP contribution is -2.38. The van der Waals surface area contributed by atoms with Crippen LogP contribution in [0.5, 0.6) is 0 Å². The molecule has 5 heteroatoms. The van der Waals surface area contributed by atoms with Crippen LogP contribution < -0.4 is 0 Å². The summed E-state index contributed by atoms with van der Waals surface area (Å²) in [6.45, 7) is 4.87. The van der Waals surface area contributed by atoms with Gasteiger partial charge in [-0.05, 0) is 50.3 Å². The number of nitrogens with zero attached hydrogens (tertiary/aromatic N) is 3. The Kier molecular flexibility index (Phi) is 5.24. The van der Waals surface area contributed by atoms with Crippen molar-refractivity contribution in [3.63, 3.8) is 0 Å². The van der Waals surface area contributed by atoms with Crippen molar-refractivity contribution in [2.24, 2.45) is 0 Å². The van der Waals surface area contributed by atoms with Crippen molar-refractivity contribution in [3.8, 4) is 11.4 Å². The van der Waals surface area contributed by atoms with Crippen LogP contribution in [-0.4, -0.2) is 27.5 Å². The van der Waals surface area contributed by atoms with Gasteiger partial charge < -0.3 is 9.42 Å². The number of hydrogen-bond acceptors (Lipinski definition) is 4. The van der Waals surface area contributed by atoms with Gasteiger partial charge in [-0.25, -0.2) is 0 Å². The third kappa shape index (κ3) is 3.70. The fourth-order valence-corrected chi connectivity index (χ4v) is 3.67. The summed E-state index contributed by atoms with van der Waals surface area (Å²) in [7, 11) is 0. The number of likely N-dealkylation sites (tertiary alicyclic amines) is 1. The largest absolute Gasteiger partial charge is 0.337 e. The molecule has 1 aliphatic rings. The Balaban J connectivity index is 1.58. The first-order chi connectivity index (χ1) is 13.7. The van der Waals surface area contributed by atoms with Gasteiger partial charge >= 0.3 is 0 Å². The van der Waals surface area contributed by atoms with Gasteiger partial charge in [0.15, 0.2) is 0 Å². The number of hydrogen-bond donors (Lipinski definition) is 0. The Morgan fingerprint density at radius 1 is 1.11 bits per heavy atom. The molecule has 1 aromatic heterocycles. The summed E-state index contributed by atoms with van der Waals surface area (Å²) < 4.78 is 5.59. The molecular weight excluding hydrogens is 350 g/mol. The molecule has 0 radical (unpaired) electrons. The Bertz CT molecular complexity index is 945. The van der Waals surface area contributed by atoms with E-state index in [1.54, 1.807) is 0 Å². The summed E-state index contributed by atoms with van der Waals surface area (Å²) >= 11 is 0. The quantitative estimate of drug-likeness (QED) is 0.646. The molecule has 0 bridgehead atoms. The number of aromatic nitrogens is 2. The summed E-state index contributed by atoms with van der Waals surface area (Å²) in [5.41, 5.74) is 4.05. The van der Waals surface area contributed by atoms with Gasteiger partial charge in [-0.3, -0.25) is 4.79 Å². The molecule has 1 amide bonds. The van der Waals surface area contributed by atoms with E-state index in [4.69, 9.17) is 4.52 Å². The van der Waals surface area contributed by atoms with Gasteiger partial charge in [-0.2, -0.15) is 4.98 Å². The number of amides is 1. The monoisotopic (exact) mass is 375 g/mol. The summed E-state index contributed by atoms with van der Waals surface area (Å²) in [5, 5.41) is 4.16. The van der Waals surface area contributed by atoms with Gasteiger partial charge in [0.1, 0.15) is 6.04 Å². The van der Waals surface area contributed by atoms with Gasteiger partial charge in [0.25, 0.3) is 5.91 Å². The van der Waals surface area contributed by atoms with Crippen LogP contribution in [0.15, 0.2) is 53.1 Å². The normalized spacial score (nSPS) is 16.9. The smallest absolute Gasteiger partial charge is 0.254 e. The molecule has 2 heterocycles. The van der Waals surface area contributed by atoms with Crippen LogP contribution in [0.1, 0.15) is 59.6 Å². The van der Waals surface area contributed by atoms with E-state index in [0.29, 0.717) is 23.8 Å². The third-order valence-electron chi connectivity index (χ3n) is 5.41. The van der Waals surface area contributed by atoms with Crippen LogP contribution in [0, 0.1) is 6.92 Å². The highest BCUT2D eigenvalue weighted by Crippen LogP contribution is 2.32. The molecule has 0 aliphatic carbocycles. The molecule has 2 aromatic carbocycles. The molecule has 0 spiro atoms. The SMILES string of the molecule is CCc1ccc(C(=O)N2CCCCC2c2nc(-c3ccc(C)cc3)no2)cc1. The maximum atomic E-state index is 13.1. The maximum absolute atomic E-state index is 13.1. The minimum absolute atomic E-state index is 0.0300. The minimum atomic E-state index is -0.168. The molecule has 1 unspecified atom stereocenters. The van der Waals surface area contributed by atoms with Crippen molar-refractivity contribution in [2.75, 3.05) is 6.54 Å². The van der Waals surface area contributed by atoms with Crippen LogP contribution in [-0.2, 0) is 6.42 Å². The van der Waals surface area contributed by atoms with Gasteiger partial charge in [-0.1, -0.05) is 54.0 Å². The first-order valence-corrected chi connectivity index (χ1v) is 9.96. The predicted molar refractivity (Wildman–Crippen MR) is 108 cm³/mol. The summed E-state index contributed by atoms with van der Waals surface area (Å²) in [4.78, 5) is 19.6. The number of rotatable bonds is 4. The van der Waals surface area contributed by atoms with Crippen LogP contribution in [0.2, 0.25) is 0 Å². The second-order valence-electron chi connectivity index (χ2n) is 7.38. The zero-order valence-corrected chi connectivity index (χ0v) is 16.4. The highest BCUT2D eigenvalue weighted by Gasteiger charge is 2.32. The lowest BCUT2D eigenvalue weighted by Gasteiger charge is -2.33. The number of benzene rings is 2. The Morgan fingerprint density at radius 3 is 2.57 bits per heavy atom. The molecule has 1 aliphatic heterocycles. The van der Waals surface area contributed by atoms with Gasteiger partial charge in [0.05, 0.1) is 0 Å². The fraction of sp³-hybridized carbons (Fsp3) is 0.348. The zero-order chi connectivity index (χ0) is 19.5. The van der Waals surface area contributed by atoms with Crippen LogP contribution >= 0.6 is 0 Å². The lowest BCUT2D eigenvalue weighted by molar-refractivity contribution is 0.0561. The topological polar surface area (TPSA) is 59.2 Å². The number of aryl methyl sites for hydroxylation is 2. The molecule has 28 heavy (non-hydrogen) atoms. The average molecular weight is 375 g/mol. The first-order valence-electron chi connectivity index (χ1n) is 9.96. The van der Waals surface area contributed by atoms with Crippen molar-refractivity contribution >= 4 is 5.91 Å². The standard InChI is InChI=1S/C23H25N3O2/c1-3-17-9-13-19(14-10-17)23(27)26-15-5-4-6-20(26)22-24-21(25-28-22)18-11-7-16(2)8-12-18/h7-14,20H,3-6,15H2,1-2H3. The molecule has 4 rings (SSSR count). The average Bonchev–Trinajstić information content (AvgIpc) is 3.24. The van der Waals surface area contributed by atoms with E-state index < -0.39 is 0 Å². The number of carbonyl (C=O) groups excluding carboxylic acids is 1. The molecule has 3 aromatic rings. The zero-order valence-electron chi connectivity index (χ0n) is 16.4. The lowest BCUT2D eigenvalue weighted by atomic mass is 10.00. The van der Waals surface area contributed by atoms with Crippen LogP contribution in [0.4, 0.5) is 0 Å². The van der Waals surface area contributed by atoms with Crippen molar-refractivity contribution in [3.05, 3.63) is 71.1 Å². The Labute approximate surface area is 165 Å². The van der Waals surface area contributed by atoms with E-state index >= 15 is 0 Å². The van der Waals surface area contributed by atoms with E-state index in [2.05, 4.69) is 17.1 Å². The van der Waals surface area contributed by atoms with Gasteiger partial charge in [0.2, 0.25) is 11.7 Å². The van der Waals surface area contributed by atoms with Gasteiger partial charge in [0, 0.05) is 17.7 Å². The minimum Gasteiger partial charge on any atom is -0.337 e. The van der Waals surface area contributed by atoms with Gasteiger partial charge in [-0.15, -0.1) is 0 Å². The van der Waals surface area contributed by atoms with E-state index in [1.807, 2.05) is 60.4 Å². The van der Waals surface area contributed by atoms with E-state index in [0.717, 1.165) is 31.2 Å². The van der Waals surface area contributed by atoms with Crippen LogP contribution in [0.25, 0.3) is 11.4 Å². The summed E-state index contributed by atoms with van der Waals surface area (Å²) in [6, 6.07) is 15.7. The molecule has 0 N–H and O–H groups in total. The Morgan fingerprint density at radius 2 is 1.86 bits per heavy atom. The molecule has 1 atom stereocenters. The maximum Gasteiger partial charge on any atom is 0.254 e. The van der Waals surface area contributed by atoms with Crippen molar-refractivity contribution < 1.29 is 9.32 Å². The summed E-state index contributed by atoms with van der Waals surface area (Å²) in [6.07, 6.45) is 3.85. The second kappa shape index (κ2) is 7.97. The first kappa shape index (κ1) is 18.4. The molecule has 1 fully saturated rings. The second-order valence-corrected chi connectivity index (χ2v) is 7.38.